The van der Waals surface area contributed by atoms with Crippen molar-refractivity contribution in [3.8, 4) is 12.1 Å². The van der Waals surface area contributed by atoms with Gasteiger partial charge in [0.05, 0.1) is 50.7 Å². The average molecular weight is 537 g/mol. The van der Waals surface area contributed by atoms with E-state index in [1.165, 1.54) is 10.8 Å². The number of benzene rings is 3. The molecule has 0 spiro atoms. The van der Waals surface area contributed by atoms with Crippen LogP contribution in [0.1, 0.15) is 18.9 Å². The predicted octanol–water partition coefficient (Wildman–Crippen LogP) is 8.83. The molecule has 0 bridgehead atoms. The molecule has 0 amide bonds. The molecule has 2 heterocycles. The van der Waals surface area contributed by atoms with Crippen LogP contribution in [0, 0.1) is 40.7 Å². The zero-order chi connectivity index (χ0) is 28.2. The van der Waals surface area contributed by atoms with E-state index in [-0.39, 0.29) is 5.92 Å². The first kappa shape index (κ1) is 24.1. The van der Waals surface area contributed by atoms with Crippen LogP contribution < -0.4 is 0 Å². The van der Waals surface area contributed by atoms with Gasteiger partial charge in [-0.3, -0.25) is 0 Å². The van der Waals surface area contributed by atoms with Crippen LogP contribution in [0.15, 0.2) is 126 Å². The van der Waals surface area contributed by atoms with E-state index in [0.717, 1.165) is 57.0 Å². The summed E-state index contributed by atoms with van der Waals surface area (Å²) in [7, 11) is 0. The summed E-state index contributed by atoms with van der Waals surface area (Å²) in [6.07, 6.45) is 10.5. The lowest BCUT2D eigenvalue weighted by Gasteiger charge is -2.34. The van der Waals surface area contributed by atoms with Gasteiger partial charge in [-0.1, -0.05) is 85.0 Å². The zero-order valence-corrected chi connectivity index (χ0v) is 22.8. The molecule has 0 N–H and O–H groups in total. The van der Waals surface area contributed by atoms with Gasteiger partial charge in [0.2, 0.25) is 0 Å². The molecule has 0 radical (unpaired) electrons. The molecule has 2 aliphatic carbocycles. The van der Waals surface area contributed by atoms with Crippen LogP contribution >= 0.6 is 0 Å². The summed E-state index contributed by atoms with van der Waals surface area (Å²) in [5.41, 5.74) is 7.49. The Morgan fingerprint density at radius 1 is 0.714 bits per heavy atom. The van der Waals surface area contributed by atoms with Gasteiger partial charge in [0.25, 0.3) is 0 Å². The van der Waals surface area contributed by atoms with E-state index in [0.29, 0.717) is 11.1 Å². The van der Waals surface area contributed by atoms with Crippen LogP contribution in [-0.2, 0) is 0 Å². The molecule has 0 saturated heterocycles. The third-order valence-electron chi connectivity index (χ3n) is 8.73. The van der Waals surface area contributed by atoms with E-state index < -0.39 is 6.04 Å². The van der Waals surface area contributed by atoms with Gasteiger partial charge in [-0.25, -0.2) is 0 Å². The lowest BCUT2D eigenvalue weighted by atomic mass is 9.78. The van der Waals surface area contributed by atoms with Crippen LogP contribution in [0.2, 0.25) is 0 Å². The van der Waals surface area contributed by atoms with Crippen LogP contribution in [0.3, 0.4) is 0 Å². The quantitative estimate of drug-likeness (QED) is 0.227. The molecule has 4 heteroatoms. The topological polar surface area (TPSA) is 57.4 Å². The number of aromatic nitrogens is 2. The molecule has 196 valence electrons. The van der Waals surface area contributed by atoms with Gasteiger partial charge in [0.15, 0.2) is 0 Å². The lowest BCUT2D eigenvalue weighted by molar-refractivity contribution is 0.515. The molecule has 2 aromatic heterocycles. The Bertz CT molecular complexity index is 2180. The van der Waals surface area contributed by atoms with Crippen LogP contribution in [0.25, 0.3) is 49.3 Å². The van der Waals surface area contributed by atoms with Crippen molar-refractivity contribution in [2.24, 2.45) is 5.92 Å². The average Bonchev–Trinajstić information content (AvgIpc) is 3.57. The Labute approximate surface area is 243 Å². The predicted molar refractivity (Wildman–Crippen MR) is 168 cm³/mol. The number of rotatable bonds is 3. The molecular formula is C38H24N4. The monoisotopic (exact) mass is 536 g/mol. The van der Waals surface area contributed by atoms with Gasteiger partial charge in [0, 0.05) is 27.8 Å². The summed E-state index contributed by atoms with van der Waals surface area (Å²) in [4.78, 5) is 0. The summed E-state index contributed by atoms with van der Waals surface area (Å²) < 4.78 is 4.63. The maximum absolute atomic E-state index is 10.6. The van der Waals surface area contributed by atoms with Crippen molar-refractivity contribution in [3.63, 3.8) is 0 Å². The van der Waals surface area contributed by atoms with E-state index in [4.69, 9.17) is 0 Å². The highest BCUT2D eigenvalue weighted by Gasteiger charge is 2.37. The minimum atomic E-state index is -0.409. The molecule has 0 saturated carbocycles. The van der Waals surface area contributed by atoms with Crippen molar-refractivity contribution in [2.45, 2.75) is 18.9 Å². The van der Waals surface area contributed by atoms with Gasteiger partial charge in [0.1, 0.15) is 6.07 Å². The summed E-state index contributed by atoms with van der Waals surface area (Å²) in [5.74, 6) is -0.175. The second kappa shape index (κ2) is 9.42. The summed E-state index contributed by atoms with van der Waals surface area (Å²) >= 11 is 0. The standard InChI is InChI=1S/C38H24N4/c39-23-25-21-22-31(38(32(25)24-40)42-36-19-9-3-13-28(36)29-14-4-10-20-37(29)42)30-15-5-8-18-35(30)41-33-16-6-1-11-26(33)27-12-2-7-17-34(27)41/h1-3,6-7,9-13,15-22,31,38H,5,8H2. The zero-order valence-electron chi connectivity index (χ0n) is 22.8. The Balaban J connectivity index is 1.40. The third kappa shape index (κ3) is 3.35. The van der Waals surface area contributed by atoms with Gasteiger partial charge in [-0.2, -0.15) is 10.5 Å². The number of nitriles is 2. The third-order valence-corrected chi connectivity index (χ3v) is 8.73. The maximum Gasteiger partial charge on any atom is 0.100 e. The molecule has 8 rings (SSSR count). The summed E-state index contributed by atoms with van der Waals surface area (Å²) in [6, 6.07) is 40.1. The van der Waals surface area contributed by atoms with E-state index in [2.05, 4.69) is 112 Å². The first-order valence-corrected chi connectivity index (χ1v) is 14.2. The number of hydrogen-bond acceptors (Lipinski definition) is 2. The normalized spacial score (nSPS) is 18.6. The molecule has 4 nitrogen and oxygen atoms in total. The number of para-hydroxylation sites is 3. The molecule has 6 aromatic rings. The van der Waals surface area contributed by atoms with Crippen LogP contribution in [-0.4, -0.2) is 9.13 Å². The fourth-order valence-electron chi connectivity index (χ4n) is 7.02. The number of allylic oxidation sites excluding steroid dienone is 8. The van der Waals surface area contributed by atoms with Crippen molar-refractivity contribution >= 4 is 49.3 Å². The van der Waals surface area contributed by atoms with Crippen molar-refractivity contribution in [3.05, 3.63) is 138 Å². The molecule has 42 heavy (non-hydrogen) atoms. The Kier molecular flexibility index (Phi) is 5.40. The second-order valence-electron chi connectivity index (χ2n) is 10.8. The van der Waals surface area contributed by atoms with Gasteiger partial charge in [-0.05, 0) is 54.8 Å². The summed E-state index contributed by atoms with van der Waals surface area (Å²) in [5, 5.41) is 25.2. The molecule has 4 aromatic carbocycles. The maximum atomic E-state index is 10.6. The number of fused-ring (bicyclic) bond motifs is 6. The van der Waals surface area contributed by atoms with E-state index in [9.17, 15) is 10.5 Å². The van der Waals surface area contributed by atoms with Gasteiger partial charge < -0.3 is 9.13 Å². The number of hydrogen-bond donors (Lipinski definition) is 0. The minimum absolute atomic E-state index is 0.175. The Morgan fingerprint density at radius 2 is 1.38 bits per heavy atom. The highest BCUT2D eigenvalue weighted by Crippen LogP contribution is 2.47. The van der Waals surface area contributed by atoms with Gasteiger partial charge in [-0.15, -0.1) is 0 Å². The van der Waals surface area contributed by atoms with Crippen LogP contribution in [0.4, 0.5) is 0 Å². The Hall–Kier alpha value is -5.76. The molecule has 0 fully saturated rings. The van der Waals surface area contributed by atoms with Crippen molar-refractivity contribution in [2.75, 3.05) is 0 Å². The minimum Gasteiger partial charge on any atom is -0.331 e. The molecule has 2 unspecified atom stereocenters. The van der Waals surface area contributed by atoms with Crippen molar-refractivity contribution < 1.29 is 0 Å². The fraction of sp³-hybridized carbons (Fsp3) is 0.105. The molecule has 0 aliphatic heterocycles. The van der Waals surface area contributed by atoms with Gasteiger partial charge >= 0.3 is 0 Å². The first-order chi connectivity index (χ1) is 20.8. The van der Waals surface area contributed by atoms with Crippen molar-refractivity contribution in [1.29, 1.82) is 10.5 Å². The molecule has 2 aliphatic rings. The Morgan fingerprint density at radius 3 is 2.10 bits per heavy atom. The summed E-state index contributed by atoms with van der Waals surface area (Å²) in [6.45, 7) is 0. The lowest BCUT2D eigenvalue weighted by Crippen LogP contribution is -2.26. The SMILES string of the molecule is N#CC1=C(C#N)C(n2c3ccc#cc3c3ccccc32)C(C2=CCCC=C2n2c3ccccc3c3ccccc32)C=C1. The first-order valence-electron chi connectivity index (χ1n) is 14.2. The molecule has 2 atom stereocenters. The van der Waals surface area contributed by atoms with Crippen molar-refractivity contribution in [1.82, 2.24) is 9.13 Å². The smallest absolute Gasteiger partial charge is 0.100 e. The van der Waals surface area contributed by atoms with Crippen LogP contribution in [0.5, 0.6) is 0 Å². The number of nitrogens with zero attached hydrogens (tertiary/aromatic N) is 4. The van der Waals surface area contributed by atoms with E-state index in [1.54, 1.807) is 0 Å². The van der Waals surface area contributed by atoms with E-state index in [1.807, 2.05) is 30.3 Å². The fourth-order valence-corrected chi connectivity index (χ4v) is 7.02. The molecular weight excluding hydrogens is 512 g/mol. The highest BCUT2D eigenvalue weighted by atomic mass is 15.0. The second-order valence-corrected chi connectivity index (χ2v) is 10.8. The van der Waals surface area contributed by atoms with E-state index >= 15 is 0 Å². The largest absolute Gasteiger partial charge is 0.331 e. The highest BCUT2D eigenvalue weighted by molar-refractivity contribution is 6.11.